The Bertz CT molecular complexity index is 592. The maximum atomic E-state index is 12.9. The first-order chi connectivity index (χ1) is 10.7. The highest BCUT2D eigenvalue weighted by molar-refractivity contribution is 9.10. The number of benzene rings is 1. The molecule has 1 aromatic rings. The molecule has 126 valence electrons. The summed E-state index contributed by atoms with van der Waals surface area (Å²) in [5.41, 5.74) is 0.780. The van der Waals surface area contributed by atoms with E-state index in [1.54, 1.807) is 24.3 Å². The van der Waals surface area contributed by atoms with Crippen molar-refractivity contribution in [2.24, 2.45) is 11.8 Å². The number of amides is 2. The van der Waals surface area contributed by atoms with Crippen LogP contribution in [0.15, 0.2) is 28.7 Å². The van der Waals surface area contributed by atoms with E-state index < -0.39 is 43.1 Å². The number of urea groups is 1. The summed E-state index contributed by atoms with van der Waals surface area (Å²) in [4.78, 5) is 23.8. The zero-order valence-electron chi connectivity index (χ0n) is 11.8. The molecule has 1 aliphatic rings. The van der Waals surface area contributed by atoms with E-state index in [-0.39, 0.29) is 6.54 Å². The number of hydrogen-bond acceptors (Lipinski definition) is 2. The fourth-order valence-electron chi connectivity index (χ4n) is 2.44. The van der Waals surface area contributed by atoms with Crippen molar-refractivity contribution in [3.8, 4) is 0 Å². The second kappa shape index (κ2) is 6.77. The number of likely N-dealkylation sites (tertiary alicyclic amines) is 1. The van der Waals surface area contributed by atoms with Gasteiger partial charge in [0.25, 0.3) is 0 Å². The molecule has 2 N–H and O–H groups in total. The van der Waals surface area contributed by atoms with E-state index in [9.17, 15) is 22.8 Å². The lowest BCUT2D eigenvalue weighted by molar-refractivity contribution is -0.187. The molecule has 2 rings (SSSR count). The molecule has 2 amide bonds. The average molecular weight is 395 g/mol. The molecule has 0 radical (unpaired) electrons. The molecule has 2 atom stereocenters. The molecule has 9 heteroatoms. The highest BCUT2D eigenvalue weighted by atomic mass is 79.9. The van der Waals surface area contributed by atoms with E-state index in [2.05, 4.69) is 21.2 Å². The third-order valence-corrected chi connectivity index (χ3v) is 4.23. The molecule has 1 fully saturated rings. The van der Waals surface area contributed by atoms with Crippen LogP contribution in [0.25, 0.3) is 0 Å². The SMILES string of the molecule is O=C(O)[C@@H]1CN(C(=O)NCc2ccc(Br)cc2)C[C@H]1C(F)(F)F. The van der Waals surface area contributed by atoms with Gasteiger partial charge in [0.15, 0.2) is 0 Å². The number of nitrogens with zero attached hydrogens (tertiary/aromatic N) is 1. The quantitative estimate of drug-likeness (QED) is 0.827. The van der Waals surface area contributed by atoms with Crippen LogP contribution in [0.2, 0.25) is 0 Å². The second-order valence-corrected chi connectivity index (χ2v) is 6.20. The Morgan fingerprint density at radius 1 is 1.26 bits per heavy atom. The summed E-state index contributed by atoms with van der Waals surface area (Å²) in [7, 11) is 0. The molecular weight excluding hydrogens is 381 g/mol. The Labute approximate surface area is 138 Å². The number of alkyl halides is 3. The largest absolute Gasteiger partial charge is 0.481 e. The molecule has 0 saturated carbocycles. The number of rotatable bonds is 3. The van der Waals surface area contributed by atoms with Gasteiger partial charge >= 0.3 is 18.2 Å². The van der Waals surface area contributed by atoms with Crippen LogP contribution in [0.5, 0.6) is 0 Å². The molecule has 5 nitrogen and oxygen atoms in total. The first-order valence-electron chi connectivity index (χ1n) is 6.75. The van der Waals surface area contributed by atoms with Crippen molar-refractivity contribution in [3.63, 3.8) is 0 Å². The Hall–Kier alpha value is -1.77. The zero-order chi connectivity index (χ0) is 17.2. The average Bonchev–Trinajstić information content (AvgIpc) is 2.92. The van der Waals surface area contributed by atoms with Gasteiger partial charge in [-0.05, 0) is 17.7 Å². The van der Waals surface area contributed by atoms with Gasteiger partial charge in [-0.2, -0.15) is 13.2 Å². The number of carboxylic acid groups (broad SMARTS) is 1. The topological polar surface area (TPSA) is 69.6 Å². The Kier molecular flexibility index (Phi) is 5.18. The highest BCUT2D eigenvalue weighted by Gasteiger charge is 2.53. The summed E-state index contributed by atoms with van der Waals surface area (Å²) in [5.74, 6) is -5.22. The standard InChI is InChI=1S/C14H14BrF3N2O3/c15-9-3-1-8(2-4-9)5-19-13(23)20-6-10(12(21)22)11(7-20)14(16,17)18/h1-4,10-11H,5-7H2,(H,19,23)(H,21,22)/t10-,11-/m1/s1. The summed E-state index contributed by atoms with van der Waals surface area (Å²) >= 11 is 3.27. The van der Waals surface area contributed by atoms with Crippen molar-refractivity contribution < 1.29 is 27.9 Å². The van der Waals surface area contributed by atoms with Crippen molar-refractivity contribution >= 4 is 27.9 Å². The first-order valence-corrected chi connectivity index (χ1v) is 7.54. The van der Waals surface area contributed by atoms with Gasteiger partial charge < -0.3 is 15.3 Å². The molecule has 0 aromatic heterocycles. The lowest BCUT2D eigenvalue weighted by atomic mass is 9.96. The van der Waals surface area contributed by atoms with E-state index in [0.717, 1.165) is 14.9 Å². The molecule has 1 saturated heterocycles. The van der Waals surface area contributed by atoms with Crippen LogP contribution in [0.4, 0.5) is 18.0 Å². The summed E-state index contributed by atoms with van der Waals surface area (Å²) in [5, 5.41) is 11.4. The molecule has 0 unspecified atom stereocenters. The summed E-state index contributed by atoms with van der Waals surface area (Å²) in [6.07, 6.45) is -4.65. The predicted molar refractivity (Wildman–Crippen MR) is 78.6 cm³/mol. The fourth-order valence-corrected chi connectivity index (χ4v) is 2.71. The van der Waals surface area contributed by atoms with Gasteiger partial charge in [-0.3, -0.25) is 4.79 Å². The Morgan fingerprint density at radius 2 is 1.87 bits per heavy atom. The van der Waals surface area contributed by atoms with Gasteiger partial charge in [-0.1, -0.05) is 28.1 Å². The third-order valence-electron chi connectivity index (χ3n) is 3.70. The summed E-state index contributed by atoms with van der Waals surface area (Å²) in [6.45, 7) is -0.949. The lowest BCUT2D eigenvalue weighted by Gasteiger charge is -2.18. The zero-order valence-corrected chi connectivity index (χ0v) is 13.4. The first kappa shape index (κ1) is 17.6. The monoisotopic (exact) mass is 394 g/mol. The molecular formula is C14H14BrF3N2O3. The molecule has 0 aliphatic carbocycles. The van der Waals surface area contributed by atoms with Crippen molar-refractivity contribution in [1.29, 1.82) is 0 Å². The minimum atomic E-state index is -4.65. The van der Waals surface area contributed by atoms with Gasteiger partial charge in [-0.15, -0.1) is 0 Å². The minimum absolute atomic E-state index is 0.150. The maximum Gasteiger partial charge on any atom is 0.394 e. The van der Waals surface area contributed by atoms with Gasteiger partial charge in [0, 0.05) is 24.1 Å². The van der Waals surface area contributed by atoms with E-state index in [4.69, 9.17) is 5.11 Å². The van der Waals surface area contributed by atoms with Crippen LogP contribution >= 0.6 is 15.9 Å². The molecule has 0 bridgehead atoms. The second-order valence-electron chi connectivity index (χ2n) is 5.28. The minimum Gasteiger partial charge on any atom is -0.481 e. The highest BCUT2D eigenvalue weighted by Crippen LogP contribution is 2.37. The van der Waals surface area contributed by atoms with Crippen molar-refractivity contribution in [1.82, 2.24) is 10.2 Å². The third kappa shape index (κ3) is 4.37. The van der Waals surface area contributed by atoms with E-state index in [1.807, 2.05) is 0 Å². The smallest absolute Gasteiger partial charge is 0.394 e. The lowest BCUT2D eigenvalue weighted by Crippen LogP contribution is -2.39. The van der Waals surface area contributed by atoms with E-state index >= 15 is 0 Å². The molecule has 23 heavy (non-hydrogen) atoms. The number of hydrogen-bond donors (Lipinski definition) is 2. The Balaban J connectivity index is 1.97. The van der Waals surface area contributed by atoms with Gasteiger partial charge in [0.2, 0.25) is 0 Å². The predicted octanol–water partition coefficient (Wildman–Crippen LogP) is 2.85. The fraction of sp³-hybridized carbons (Fsp3) is 0.429. The molecule has 1 aliphatic heterocycles. The number of halogens is 4. The normalized spacial score (nSPS) is 21.3. The number of carbonyl (C=O) groups excluding carboxylic acids is 1. The van der Waals surface area contributed by atoms with Gasteiger partial charge in [0.1, 0.15) is 0 Å². The van der Waals surface area contributed by atoms with E-state index in [0.29, 0.717) is 0 Å². The van der Waals surface area contributed by atoms with Crippen LogP contribution in [0.1, 0.15) is 5.56 Å². The maximum absolute atomic E-state index is 12.9. The summed E-state index contributed by atoms with van der Waals surface area (Å²) in [6, 6.07) is 6.36. The van der Waals surface area contributed by atoms with Crippen molar-refractivity contribution in [2.45, 2.75) is 12.7 Å². The number of carbonyl (C=O) groups is 2. The number of aliphatic carboxylic acids is 1. The van der Waals surface area contributed by atoms with Gasteiger partial charge in [-0.25, -0.2) is 4.79 Å². The number of carboxylic acids is 1. The van der Waals surface area contributed by atoms with Crippen LogP contribution in [-0.2, 0) is 11.3 Å². The molecule has 1 heterocycles. The Morgan fingerprint density at radius 3 is 2.35 bits per heavy atom. The van der Waals surface area contributed by atoms with Crippen LogP contribution in [-0.4, -0.2) is 41.3 Å². The van der Waals surface area contributed by atoms with Gasteiger partial charge in [0.05, 0.1) is 11.8 Å². The van der Waals surface area contributed by atoms with E-state index in [1.165, 1.54) is 0 Å². The number of nitrogens with one attached hydrogen (secondary N) is 1. The van der Waals surface area contributed by atoms with Crippen molar-refractivity contribution in [2.75, 3.05) is 13.1 Å². The van der Waals surface area contributed by atoms with Crippen molar-refractivity contribution in [3.05, 3.63) is 34.3 Å². The van der Waals surface area contributed by atoms with Crippen LogP contribution in [0, 0.1) is 11.8 Å². The molecule has 0 spiro atoms. The summed E-state index contributed by atoms with van der Waals surface area (Å²) < 4.78 is 39.5. The molecule has 1 aromatic carbocycles. The van der Waals surface area contributed by atoms with Crippen LogP contribution in [0.3, 0.4) is 0 Å². The van der Waals surface area contributed by atoms with Crippen LogP contribution < -0.4 is 5.32 Å².